The first-order valence-corrected chi connectivity index (χ1v) is 6.38. The predicted molar refractivity (Wildman–Crippen MR) is 75.2 cm³/mol. The quantitative estimate of drug-likeness (QED) is 0.871. The highest BCUT2D eigenvalue weighted by molar-refractivity contribution is 6.03. The Morgan fingerprint density at radius 3 is 2.17 bits per heavy atom. The maximum atomic E-state index is 13.1. The first-order valence-electron chi connectivity index (χ1n) is 6.38. The summed E-state index contributed by atoms with van der Waals surface area (Å²) in [6.07, 6.45) is -4.83. The molecule has 7 heteroatoms. The molecule has 0 aliphatic heterocycles. The van der Waals surface area contributed by atoms with E-state index in [-0.39, 0.29) is 16.7 Å². The second kappa shape index (κ2) is 6.12. The van der Waals surface area contributed by atoms with Crippen molar-refractivity contribution >= 4 is 11.9 Å². The van der Waals surface area contributed by atoms with Crippen LogP contribution < -0.4 is 0 Å². The molecule has 2 rings (SSSR count). The molecular formula is C16H11F3O4. The number of carbonyl (C=O) groups is 2. The summed E-state index contributed by atoms with van der Waals surface area (Å²) >= 11 is 0. The number of methoxy groups -OCH3 is 1. The average molecular weight is 324 g/mol. The molecule has 23 heavy (non-hydrogen) atoms. The maximum Gasteiger partial charge on any atom is 0.417 e. The Morgan fingerprint density at radius 1 is 1.00 bits per heavy atom. The third kappa shape index (κ3) is 3.18. The van der Waals surface area contributed by atoms with Gasteiger partial charge < -0.3 is 9.84 Å². The summed E-state index contributed by atoms with van der Waals surface area (Å²) in [7, 11) is 1.13. The Morgan fingerprint density at radius 2 is 1.61 bits per heavy atom. The maximum absolute atomic E-state index is 13.1. The van der Waals surface area contributed by atoms with Crippen molar-refractivity contribution in [3.8, 4) is 11.1 Å². The first-order chi connectivity index (χ1) is 10.8. The van der Waals surface area contributed by atoms with E-state index in [9.17, 15) is 27.9 Å². The van der Waals surface area contributed by atoms with Gasteiger partial charge in [-0.25, -0.2) is 9.59 Å². The molecule has 1 N–H and O–H groups in total. The number of carboxylic acids is 1. The van der Waals surface area contributed by atoms with E-state index in [0.29, 0.717) is 6.07 Å². The van der Waals surface area contributed by atoms with Gasteiger partial charge in [-0.05, 0) is 23.3 Å². The molecular weight excluding hydrogens is 313 g/mol. The Hall–Kier alpha value is -2.83. The molecule has 0 spiro atoms. The Bertz CT molecular complexity index is 766. The molecule has 2 aromatic carbocycles. The standard InChI is InChI=1S/C16H11F3O4/c1-23-15(22)11-6-3-2-5-9(11)10-7-4-8-12(16(17,18)19)13(10)14(20)21/h2-8H,1H3,(H,20,21). The van der Waals surface area contributed by atoms with Crippen LogP contribution in [0.1, 0.15) is 26.3 Å². The molecule has 2 aromatic rings. The number of aromatic carboxylic acids is 1. The highest BCUT2D eigenvalue weighted by atomic mass is 19.4. The van der Waals surface area contributed by atoms with E-state index in [1.165, 1.54) is 30.3 Å². The van der Waals surface area contributed by atoms with E-state index in [2.05, 4.69) is 4.74 Å². The summed E-state index contributed by atoms with van der Waals surface area (Å²) in [5.41, 5.74) is -2.34. The third-order valence-electron chi connectivity index (χ3n) is 3.21. The van der Waals surface area contributed by atoms with Crippen molar-refractivity contribution in [1.82, 2.24) is 0 Å². The summed E-state index contributed by atoms with van der Waals surface area (Å²) in [4.78, 5) is 23.2. The van der Waals surface area contributed by atoms with Crippen molar-refractivity contribution in [1.29, 1.82) is 0 Å². The fourth-order valence-corrected chi connectivity index (χ4v) is 2.25. The van der Waals surface area contributed by atoms with Crippen molar-refractivity contribution in [2.24, 2.45) is 0 Å². The van der Waals surface area contributed by atoms with Gasteiger partial charge in [-0.15, -0.1) is 0 Å². The van der Waals surface area contributed by atoms with Crippen molar-refractivity contribution in [2.75, 3.05) is 7.11 Å². The number of halogens is 3. The average Bonchev–Trinajstić information content (AvgIpc) is 2.52. The van der Waals surface area contributed by atoms with E-state index in [0.717, 1.165) is 13.2 Å². The Kier molecular flexibility index (Phi) is 4.40. The van der Waals surface area contributed by atoms with Gasteiger partial charge in [0.15, 0.2) is 0 Å². The van der Waals surface area contributed by atoms with Gasteiger partial charge in [-0.2, -0.15) is 13.2 Å². The van der Waals surface area contributed by atoms with Crippen LogP contribution in [0.4, 0.5) is 13.2 Å². The molecule has 0 atom stereocenters. The number of benzene rings is 2. The normalized spacial score (nSPS) is 11.1. The summed E-state index contributed by atoms with van der Waals surface area (Å²) in [5, 5.41) is 9.24. The zero-order valence-electron chi connectivity index (χ0n) is 11.8. The number of rotatable bonds is 3. The molecule has 0 unspecified atom stereocenters. The number of esters is 1. The number of hydrogen-bond donors (Lipinski definition) is 1. The summed E-state index contributed by atoms with van der Waals surface area (Å²) in [5.74, 6) is -2.50. The molecule has 0 bridgehead atoms. The lowest BCUT2D eigenvalue weighted by Gasteiger charge is -2.15. The molecule has 0 aliphatic carbocycles. The third-order valence-corrected chi connectivity index (χ3v) is 3.21. The van der Waals surface area contributed by atoms with E-state index in [1.807, 2.05) is 0 Å². The Labute approximate surface area is 129 Å². The summed E-state index contributed by atoms with van der Waals surface area (Å²) in [6.45, 7) is 0. The van der Waals surface area contributed by atoms with Gasteiger partial charge in [0, 0.05) is 0 Å². The molecule has 0 amide bonds. The second-order valence-electron chi connectivity index (χ2n) is 4.57. The smallest absolute Gasteiger partial charge is 0.417 e. The van der Waals surface area contributed by atoms with Crippen LogP contribution in [0.25, 0.3) is 11.1 Å². The number of hydrogen-bond acceptors (Lipinski definition) is 3. The molecule has 120 valence electrons. The van der Waals surface area contributed by atoms with Gasteiger partial charge in [0.05, 0.1) is 23.8 Å². The zero-order valence-corrected chi connectivity index (χ0v) is 11.8. The van der Waals surface area contributed by atoms with Gasteiger partial charge in [-0.1, -0.05) is 30.3 Å². The fraction of sp³-hybridized carbons (Fsp3) is 0.125. The number of carbonyl (C=O) groups excluding carboxylic acids is 1. The molecule has 0 aliphatic rings. The first kappa shape index (κ1) is 16.5. The number of alkyl halides is 3. The molecule has 0 fully saturated rings. The lowest BCUT2D eigenvalue weighted by molar-refractivity contribution is -0.138. The highest BCUT2D eigenvalue weighted by Crippen LogP contribution is 2.37. The van der Waals surface area contributed by atoms with Crippen molar-refractivity contribution < 1.29 is 32.6 Å². The van der Waals surface area contributed by atoms with E-state index >= 15 is 0 Å². The van der Waals surface area contributed by atoms with Crippen LogP contribution in [0.3, 0.4) is 0 Å². The van der Waals surface area contributed by atoms with E-state index < -0.39 is 29.2 Å². The van der Waals surface area contributed by atoms with Crippen LogP contribution >= 0.6 is 0 Å². The van der Waals surface area contributed by atoms with Gasteiger partial charge in [0.1, 0.15) is 0 Å². The number of carboxylic acid groups (broad SMARTS) is 1. The van der Waals surface area contributed by atoms with Crippen molar-refractivity contribution in [2.45, 2.75) is 6.18 Å². The summed E-state index contributed by atoms with van der Waals surface area (Å²) < 4.78 is 43.8. The van der Waals surface area contributed by atoms with E-state index in [4.69, 9.17) is 0 Å². The second-order valence-corrected chi connectivity index (χ2v) is 4.57. The van der Waals surface area contributed by atoms with Crippen molar-refractivity contribution in [3.05, 3.63) is 59.2 Å². The molecule has 0 radical (unpaired) electrons. The topological polar surface area (TPSA) is 63.6 Å². The SMILES string of the molecule is COC(=O)c1ccccc1-c1cccc(C(F)(F)F)c1C(=O)O. The van der Waals surface area contributed by atoms with Crippen LogP contribution in [0.2, 0.25) is 0 Å². The van der Waals surface area contributed by atoms with E-state index in [1.54, 1.807) is 0 Å². The summed E-state index contributed by atoms with van der Waals surface area (Å²) in [6, 6.07) is 8.73. The minimum absolute atomic E-state index is 0.0168. The minimum Gasteiger partial charge on any atom is -0.478 e. The molecule has 0 heterocycles. The molecule has 4 nitrogen and oxygen atoms in total. The Balaban J connectivity index is 2.81. The van der Waals surface area contributed by atoms with Gasteiger partial charge in [-0.3, -0.25) is 0 Å². The molecule has 0 saturated heterocycles. The van der Waals surface area contributed by atoms with Crippen LogP contribution in [-0.2, 0) is 10.9 Å². The van der Waals surface area contributed by atoms with Gasteiger partial charge in [0.25, 0.3) is 0 Å². The van der Waals surface area contributed by atoms with Crippen LogP contribution in [0.15, 0.2) is 42.5 Å². The predicted octanol–water partition coefficient (Wildman–Crippen LogP) is 3.86. The monoisotopic (exact) mass is 324 g/mol. The van der Waals surface area contributed by atoms with Crippen LogP contribution in [-0.4, -0.2) is 24.2 Å². The highest BCUT2D eigenvalue weighted by Gasteiger charge is 2.37. The van der Waals surface area contributed by atoms with Gasteiger partial charge in [0.2, 0.25) is 0 Å². The minimum atomic E-state index is -4.83. The lowest BCUT2D eigenvalue weighted by atomic mass is 9.92. The number of ether oxygens (including phenoxy) is 1. The van der Waals surface area contributed by atoms with Gasteiger partial charge >= 0.3 is 18.1 Å². The van der Waals surface area contributed by atoms with Crippen LogP contribution in [0.5, 0.6) is 0 Å². The lowest BCUT2D eigenvalue weighted by Crippen LogP contribution is -2.15. The zero-order chi connectivity index (χ0) is 17.2. The van der Waals surface area contributed by atoms with Crippen LogP contribution in [0, 0.1) is 0 Å². The van der Waals surface area contributed by atoms with Crippen molar-refractivity contribution in [3.63, 3.8) is 0 Å². The largest absolute Gasteiger partial charge is 0.478 e. The fourth-order valence-electron chi connectivity index (χ4n) is 2.25. The molecule has 0 aromatic heterocycles. The molecule has 0 saturated carbocycles.